The van der Waals surface area contributed by atoms with E-state index in [9.17, 15) is 18.5 Å². The molecule has 0 saturated heterocycles. The third kappa shape index (κ3) is 3.11. The molecule has 0 bridgehead atoms. The van der Waals surface area contributed by atoms with Crippen molar-refractivity contribution in [3.63, 3.8) is 0 Å². The van der Waals surface area contributed by atoms with E-state index in [-0.39, 0.29) is 17.3 Å². The first-order valence-corrected chi connectivity index (χ1v) is 6.26. The minimum absolute atomic E-state index is 0.251. The molecule has 9 heteroatoms. The van der Waals surface area contributed by atoms with Gasteiger partial charge in [-0.2, -0.15) is 0 Å². The van der Waals surface area contributed by atoms with E-state index in [1.165, 1.54) is 0 Å². The summed E-state index contributed by atoms with van der Waals surface area (Å²) in [5, 5.41) is 10.6. The van der Waals surface area contributed by atoms with Gasteiger partial charge in [0.2, 0.25) is 15.8 Å². The van der Waals surface area contributed by atoms with Gasteiger partial charge >= 0.3 is 5.69 Å². The maximum absolute atomic E-state index is 11.7. The van der Waals surface area contributed by atoms with Gasteiger partial charge in [0.1, 0.15) is 4.90 Å². The normalized spacial score (nSPS) is 11.4. The van der Waals surface area contributed by atoms with Gasteiger partial charge in [0.15, 0.2) is 0 Å². The number of aromatic nitrogens is 1. The van der Waals surface area contributed by atoms with Gasteiger partial charge in [0.05, 0.1) is 4.92 Å². The largest absolute Gasteiger partial charge is 0.378 e. The lowest BCUT2D eigenvalue weighted by Gasteiger charge is -2.05. The van der Waals surface area contributed by atoms with E-state index in [2.05, 4.69) is 9.71 Å². The first-order valence-electron chi connectivity index (χ1n) is 4.78. The van der Waals surface area contributed by atoms with Crippen LogP contribution in [0.5, 0.6) is 0 Å². The highest BCUT2D eigenvalue weighted by atomic mass is 32.2. The third-order valence-corrected chi connectivity index (χ3v) is 3.35. The Morgan fingerprint density at radius 2 is 2.24 bits per heavy atom. The first kappa shape index (κ1) is 13.3. The Balaban J connectivity index is 3.16. The number of rotatable bonds is 5. The quantitative estimate of drug-likeness (QED) is 0.577. The van der Waals surface area contributed by atoms with Crippen LogP contribution in [0, 0.1) is 10.1 Å². The fourth-order valence-corrected chi connectivity index (χ4v) is 2.16. The summed E-state index contributed by atoms with van der Waals surface area (Å²) in [5.74, 6) is -0.315. The second-order valence-corrected chi connectivity index (χ2v) is 5.00. The molecule has 0 aliphatic rings. The molecule has 3 N–H and O–H groups in total. The van der Waals surface area contributed by atoms with Crippen molar-refractivity contribution in [2.45, 2.75) is 18.2 Å². The number of nitro groups is 1. The van der Waals surface area contributed by atoms with Gasteiger partial charge in [-0.25, -0.2) is 18.1 Å². The Kier molecular flexibility index (Phi) is 3.97. The number of nitrogen functional groups attached to an aromatic ring is 1. The molecule has 0 saturated carbocycles. The zero-order chi connectivity index (χ0) is 13.1. The third-order valence-electron chi connectivity index (χ3n) is 1.92. The van der Waals surface area contributed by atoms with Crippen molar-refractivity contribution in [2.24, 2.45) is 0 Å². The SMILES string of the molecule is CCCNS(=O)(=O)c1cnc(N)c([N+](=O)[O-])c1. The van der Waals surface area contributed by atoms with E-state index in [0.29, 0.717) is 6.42 Å². The zero-order valence-corrected chi connectivity index (χ0v) is 9.90. The summed E-state index contributed by atoms with van der Waals surface area (Å²) in [7, 11) is -3.77. The summed E-state index contributed by atoms with van der Waals surface area (Å²) in [6.45, 7) is 2.05. The first-order chi connectivity index (χ1) is 7.88. The second-order valence-electron chi connectivity index (χ2n) is 3.23. The van der Waals surface area contributed by atoms with Crippen molar-refractivity contribution < 1.29 is 13.3 Å². The van der Waals surface area contributed by atoms with E-state index >= 15 is 0 Å². The highest BCUT2D eigenvalue weighted by Gasteiger charge is 2.20. The van der Waals surface area contributed by atoms with Gasteiger partial charge in [0.25, 0.3) is 0 Å². The van der Waals surface area contributed by atoms with Crippen LogP contribution in [0.2, 0.25) is 0 Å². The predicted octanol–water partition coefficient (Wildman–Crippen LogP) is 0.260. The smallest absolute Gasteiger partial charge is 0.312 e. The Hall–Kier alpha value is -1.74. The lowest BCUT2D eigenvalue weighted by Crippen LogP contribution is -2.24. The van der Waals surface area contributed by atoms with Gasteiger partial charge in [0, 0.05) is 18.8 Å². The summed E-state index contributed by atoms with van der Waals surface area (Å²) >= 11 is 0. The zero-order valence-electron chi connectivity index (χ0n) is 9.08. The predicted molar refractivity (Wildman–Crippen MR) is 60.8 cm³/mol. The average Bonchev–Trinajstić information content (AvgIpc) is 2.26. The number of nitrogens with one attached hydrogen (secondary N) is 1. The molecule has 0 radical (unpaired) electrons. The molecule has 0 aliphatic carbocycles. The minimum atomic E-state index is -3.77. The molecule has 0 aliphatic heterocycles. The number of sulfonamides is 1. The van der Waals surface area contributed by atoms with Crippen LogP contribution in [0.1, 0.15) is 13.3 Å². The van der Waals surface area contributed by atoms with Crippen molar-refractivity contribution >= 4 is 21.5 Å². The average molecular weight is 260 g/mol. The summed E-state index contributed by atoms with van der Waals surface area (Å²) in [6, 6.07) is 0.889. The van der Waals surface area contributed by atoms with E-state index in [4.69, 9.17) is 5.73 Å². The number of nitrogens with two attached hydrogens (primary N) is 1. The minimum Gasteiger partial charge on any atom is -0.378 e. The molecule has 1 heterocycles. The molecule has 0 unspecified atom stereocenters. The number of nitrogens with zero attached hydrogens (tertiary/aromatic N) is 2. The lowest BCUT2D eigenvalue weighted by molar-refractivity contribution is -0.384. The number of anilines is 1. The Morgan fingerprint density at radius 3 is 2.76 bits per heavy atom. The number of hydrogen-bond donors (Lipinski definition) is 2. The summed E-state index contributed by atoms with van der Waals surface area (Å²) < 4.78 is 25.6. The number of pyridine rings is 1. The van der Waals surface area contributed by atoms with Crippen LogP contribution in [0.15, 0.2) is 17.2 Å². The monoisotopic (exact) mass is 260 g/mol. The van der Waals surface area contributed by atoms with E-state index in [0.717, 1.165) is 12.3 Å². The molecule has 1 aromatic heterocycles. The van der Waals surface area contributed by atoms with Crippen LogP contribution in [-0.4, -0.2) is 24.9 Å². The van der Waals surface area contributed by atoms with Crippen LogP contribution < -0.4 is 10.5 Å². The van der Waals surface area contributed by atoms with Crippen LogP contribution in [0.4, 0.5) is 11.5 Å². The highest BCUT2D eigenvalue weighted by Crippen LogP contribution is 2.21. The molecule has 0 atom stereocenters. The van der Waals surface area contributed by atoms with E-state index < -0.39 is 20.6 Å². The fraction of sp³-hybridized carbons (Fsp3) is 0.375. The van der Waals surface area contributed by atoms with Gasteiger partial charge in [-0.1, -0.05) is 6.92 Å². The summed E-state index contributed by atoms with van der Waals surface area (Å²) in [6.07, 6.45) is 1.60. The Bertz CT molecular complexity index is 528. The van der Waals surface area contributed by atoms with Gasteiger partial charge in [-0.05, 0) is 6.42 Å². The molecular formula is C8H12N4O4S. The summed E-state index contributed by atoms with van der Waals surface area (Å²) in [5.41, 5.74) is 4.74. The molecule has 0 spiro atoms. The second kappa shape index (κ2) is 5.06. The van der Waals surface area contributed by atoms with Crippen molar-refractivity contribution in [2.75, 3.05) is 12.3 Å². The van der Waals surface area contributed by atoms with E-state index in [1.54, 1.807) is 6.92 Å². The van der Waals surface area contributed by atoms with Gasteiger partial charge < -0.3 is 5.73 Å². The Morgan fingerprint density at radius 1 is 1.59 bits per heavy atom. The van der Waals surface area contributed by atoms with Crippen molar-refractivity contribution in [3.05, 3.63) is 22.4 Å². The number of hydrogen-bond acceptors (Lipinski definition) is 6. The van der Waals surface area contributed by atoms with Crippen LogP contribution in [0.25, 0.3) is 0 Å². The maximum atomic E-state index is 11.7. The lowest BCUT2D eigenvalue weighted by atomic mass is 10.4. The molecule has 17 heavy (non-hydrogen) atoms. The Labute approximate surface area is 98.0 Å². The molecule has 0 fully saturated rings. The molecule has 1 rings (SSSR count). The van der Waals surface area contributed by atoms with Gasteiger partial charge in [-0.15, -0.1) is 0 Å². The van der Waals surface area contributed by atoms with Gasteiger partial charge in [-0.3, -0.25) is 10.1 Å². The molecule has 0 amide bonds. The molecule has 1 aromatic rings. The molecule has 0 aromatic carbocycles. The molecule has 8 nitrogen and oxygen atoms in total. The highest BCUT2D eigenvalue weighted by molar-refractivity contribution is 7.89. The van der Waals surface area contributed by atoms with Crippen molar-refractivity contribution in [3.8, 4) is 0 Å². The maximum Gasteiger partial charge on any atom is 0.312 e. The van der Waals surface area contributed by atoms with Crippen LogP contribution in [-0.2, 0) is 10.0 Å². The van der Waals surface area contributed by atoms with E-state index in [1.807, 2.05) is 0 Å². The molecule has 94 valence electrons. The van der Waals surface area contributed by atoms with Crippen LogP contribution >= 0.6 is 0 Å². The standard InChI is InChI=1S/C8H12N4O4S/c1-2-3-11-17(15,16)6-4-7(12(13)14)8(9)10-5-6/h4-5,11H,2-3H2,1H3,(H2,9,10). The topological polar surface area (TPSA) is 128 Å². The fourth-order valence-electron chi connectivity index (χ4n) is 1.06. The summed E-state index contributed by atoms with van der Waals surface area (Å²) in [4.78, 5) is 13.0. The molecular weight excluding hydrogens is 248 g/mol. The van der Waals surface area contributed by atoms with Crippen molar-refractivity contribution in [1.29, 1.82) is 0 Å². The van der Waals surface area contributed by atoms with Crippen LogP contribution in [0.3, 0.4) is 0 Å². The van der Waals surface area contributed by atoms with Crippen molar-refractivity contribution in [1.82, 2.24) is 9.71 Å².